The monoisotopic (exact) mass is 518 g/mol. The number of guanidine groups is 1. The molecule has 0 aliphatic rings. The summed E-state index contributed by atoms with van der Waals surface area (Å²) in [4.78, 5) is 85.6. The van der Waals surface area contributed by atoms with Crippen LogP contribution in [0.1, 0.15) is 32.1 Å². The Bertz CT molecular complexity index is 889. The first-order valence-electron chi connectivity index (χ1n) is 10.3. The fourth-order valence-corrected chi connectivity index (χ4v) is 2.64. The molecular weight excluding hydrogens is 488 g/mol. The summed E-state index contributed by atoms with van der Waals surface area (Å²) >= 11 is 0. The van der Waals surface area contributed by atoms with Crippen molar-refractivity contribution in [2.75, 3.05) is 6.54 Å². The average Bonchev–Trinajstić information content (AvgIpc) is 2.73. The highest BCUT2D eigenvalue weighted by atomic mass is 16.4. The molecule has 14 N–H and O–H groups in total. The third-order valence-corrected chi connectivity index (χ3v) is 4.35. The fraction of sp³-hybridized carbons (Fsp3) is 0.556. The average molecular weight is 518 g/mol. The second kappa shape index (κ2) is 15.4. The zero-order valence-electron chi connectivity index (χ0n) is 19.0. The molecule has 18 nitrogen and oxygen atoms in total. The standard InChI is InChI=1S/C18H30N8O10/c19-7(2-1-3-23-18(21)22)14(32)24-8(5-12(28)29)15(33)25-9(6-13(30)31)16(34)26-10(17(35)36)4-11(20)27/h7-10H,1-6,19H2,(H2,20,27)(H,24,32)(H,25,33)(H,26,34)(H,28,29)(H,30,31)(H,35,36)(H4,21,22,23). The number of hydrogen-bond donors (Lipinski definition) is 10. The van der Waals surface area contributed by atoms with Crippen LogP contribution in [0, 0.1) is 0 Å². The molecule has 0 spiro atoms. The number of rotatable bonds is 17. The van der Waals surface area contributed by atoms with Crippen LogP contribution in [0.5, 0.6) is 0 Å². The lowest BCUT2D eigenvalue weighted by Gasteiger charge is -2.23. The van der Waals surface area contributed by atoms with Gasteiger partial charge in [-0.2, -0.15) is 0 Å². The fourth-order valence-electron chi connectivity index (χ4n) is 2.64. The van der Waals surface area contributed by atoms with Crippen LogP contribution in [0.3, 0.4) is 0 Å². The highest BCUT2D eigenvalue weighted by Crippen LogP contribution is 2.03. The SMILES string of the molecule is NC(=O)CC(NC(=O)C(CC(=O)O)NC(=O)C(CC(=O)O)NC(=O)C(N)CCCN=C(N)N)C(=O)O. The summed E-state index contributed by atoms with van der Waals surface area (Å²) in [5.74, 6) is -9.52. The van der Waals surface area contributed by atoms with E-state index in [1.54, 1.807) is 0 Å². The molecule has 0 heterocycles. The molecule has 0 aliphatic carbocycles. The number of nitrogens with zero attached hydrogens (tertiary/aromatic N) is 1. The van der Waals surface area contributed by atoms with E-state index >= 15 is 0 Å². The maximum absolute atomic E-state index is 12.6. The summed E-state index contributed by atoms with van der Waals surface area (Å²) in [6.07, 6.45) is -2.49. The molecule has 18 heteroatoms. The quantitative estimate of drug-likeness (QED) is 0.0489. The van der Waals surface area contributed by atoms with Crippen LogP contribution in [-0.4, -0.2) is 93.5 Å². The van der Waals surface area contributed by atoms with Gasteiger partial charge in [-0.25, -0.2) is 4.79 Å². The van der Waals surface area contributed by atoms with Crippen molar-refractivity contribution >= 4 is 47.5 Å². The number of nitrogens with one attached hydrogen (secondary N) is 3. The number of aliphatic imine (C=N–C) groups is 1. The molecule has 0 aromatic rings. The zero-order valence-corrected chi connectivity index (χ0v) is 19.0. The molecule has 0 aliphatic heterocycles. The lowest BCUT2D eigenvalue weighted by molar-refractivity contribution is -0.145. The molecule has 0 aromatic carbocycles. The highest BCUT2D eigenvalue weighted by molar-refractivity contribution is 5.97. The van der Waals surface area contributed by atoms with Crippen molar-refractivity contribution in [2.45, 2.75) is 56.3 Å². The normalized spacial score (nSPS) is 13.7. The first-order chi connectivity index (χ1) is 16.6. The minimum absolute atomic E-state index is 0.0600. The molecule has 36 heavy (non-hydrogen) atoms. The van der Waals surface area contributed by atoms with Gasteiger partial charge in [-0.1, -0.05) is 0 Å². The van der Waals surface area contributed by atoms with Crippen molar-refractivity contribution < 1.29 is 48.9 Å². The van der Waals surface area contributed by atoms with Crippen molar-refractivity contribution in [1.82, 2.24) is 16.0 Å². The van der Waals surface area contributed by atoms with E-state index in [-0.39, 0.29) is 25.3 Å². The Kier molecular flexibility index (Phi) is 13.5. The van der Waals surface area contributed by atoms with E-state index in [1.165, 1.54) is 0 Å². The molecule has 0 radical (unpaired) electrons. The number of amides is 4. The van der Waals surface area contributed by atoms with Gasteiger partial charge in [-0.05, 0) is 12.8 Å². The van der Waals surface area contributed by atoms with Crippen molar-refractivity contribution in [3.63, 3.8) is 0 Å². The number of primary amides is 1. The van der Waals surface area contributed by atoms with Crippen molar-refractivity contribution in [3.8, 4) is 0 Å². The summed E-state index contributed by atoms with van der Waals surface area (Å²) in [6, 6.07) is -6.68. The molecule has 202 valence electrons. The summed E-state index contributed by atoms with van der Waals surface area (Å²) in [6.45, 7) is 0.154. The van der Waals surface area contributed by atoms with Crippen LogP contribution in [0.2, 0.25) is 0 Å². The lowest BCUT2D eigenvalue weighted by atomic mass is 10.1. The Morgan fingerprint density at radius 3 is 1.53 bits per heavy atom. The molecule has 0 bridgehead atoms. The number of aliphatic carboxylic acids is 3. The Morgan fingerprint density at radius 2 is 1.14 bits per heavy atom. The Hall–Kier alpha value is -4.48. The van der Waals surface area contributed by atoms with Crippen molar-refractivity contribution in [3.05, 3.63) is 0 Å². The van der Waals surface area contributed by atoms with E-state index in [1.807, 2.05) is 10.6 Å². The first-order valence-corrected chi connectivity index (χ1v) is 10.3. The van der Waals surface area contributed by atoms with Gasteiger partial charge in [-0.15, -0.1) is 0 Å². The minimum Gasteiger partial charge on any atom is -0.481 e. The van der Waals surface area contributed by atoms with Gasteiger partial charge in [0, 0.05) is 6.54 Å². The first kappa shape index (κ1) is 31.5. The third-order valence-electron chi connectivity index (χ3n) is 4.35. The predicted octanol–water partition coefficient (Wildman–Crippen LogP) is -5.27. The number of carboxylic acid groups (broad SMARTS) is 3. The predicted molar refractivity (Wildman–Crippen MR) is 120 cm³/mol. The number of carbonyl (C=O) groups excluding carboxylic acids is 4. The highest BCUT2D eigenvalue weighted by Gasteiger charge is 2.32. The maximum atomic E-state index is 12.6. The minimum atomic E-state index is -1.90. The molecule has 0 aromatic heterocycles. The van der Waals surface area contributed by atoms with E-state index in [0.29, 0.717) is 0 Å². The zero-order chi connectivity index (χ0) is 28.0. The largest absolute Gasteiger partial charge is 0.481 e. The van der Waals surface area contributed by atoms with Crippen LogP contribution < -0.4 is 38.9 Å². The van der Waals surface area contributed by atoms with E-state index in [0.717, 1.165) is 0 Å². The molecule has 0 rings (SSSR count). The number of hydrogen-bond acceptors (Lipinski definition) is 9. The van der Waals surface area contributed by atoms with Gasteiger partial charge in [0.2, 0.25) is 23.6 Å². The molecule has 4 unspecified atom stereocenters. The molecular formula is C18H30N8O10. The molecule has 0 saturated heterocycles. The van der Waals surface area contributed by atoms with Gasteiger partial charge in [0.15, 0.2) is 5.96 Å². The Balaban J connectivity index is 5.46. The van der Waals surface area contributed by atoms with Crippen LogP contribution in [-0.2, 0) is 33.6 Å². The summed E-state index contributed by atoms with van der Waals surface area (Å²) < 4.78 is 0. The van der Waals surface area contributed by atoms with Crippen molar-refractivity contribution in [2.24, 2.45) is 27.9 Å². The summed E-state index contributed by atoms with van der Waals surface area (Å²) in [5.41, 5.74) is 21.0. The Morgan fingerprint density at radius 1 is 0.694 bits per heavy atom. The van der Waals surface area contributed by atoms with Crippen LogP contribution in [0.25, 0.3) is 0 Å². The van der Waals surface area contributed by atoms with Gasteiger partial charge in [0.1, 0.15) is 18.1 Å². The number of carboxylic acids is 3. The number of nitrogens with two attached hydrogens (primary N) is 4. The molecule has 4 amide bonds. The topological polar surface area (TPSA) is 333 Å². The summed E-state index contributed by atoms with van der Waals surface area (Å²) in [7, 11) is 0. The Labute approximate surface area is 203 Å². The van der Waals surface area contributed by atoms with Crippen molar-refractivity contribution in [1.29, 1.82) is 0 Å². The second-order valence-corrected chi connectivity index (χ2v) is 7.44. The maximum Gasteiger partial charge on any atom is 0.326 e. The van der Waals surface area contributed by atoms with Gasteiger partial charge in [0.05, 0.1) is 25.3 Å². The second-order valence-electron chi connectivity index (χ2n) is 7.44. The van der Waals surface area contributed by atoms with E-state index < -0.39 is 85.0 Å². The van der Waals surface area contributed by atoms with Gasteiger partial charge in [-0.3, -0.25) is 33.8 Å². The van der Waals surface area contributed by atoms with Gasteiger partial charge >= 0.3 is 17.9 Å². The van der Waals surface area contributed by atoms with Crippen LogP contribution in [0.15, 0.2) is 4.99 Å². The lowest BCUT2D eigenvalue weighted by Crippen LogP contribution is -2.58. The van der Waals surface area contributed by atoms with E-state index in [4.69, 9.17) is 38.3 Å². The van der Waals surface area contributed by atoms with Gasteiger partial charge < -0.3 is 54.2 Å². The van der Waals surface area contributed by atoms with Crippen LogP contribution in [0.4, 0.5) is 0 Å². The van der Waals surface area contributed by atoms with Crippen LogP contribution >= 0.6 is 0 Å². The van der Waals surface area contributed by atoms with Gasteiger partial charge in [0.25, 0.3) is 0 Å². The van der Waals surface area contributed by atoms with E-state index in [9.17, 15) is 33.6 Å². The van der Waals surface area contributed by atoms with E-state index in [2.05, 4.69) is 10.3 Å². The smallest absolute Gasteiger partial charge is 0.326 e. The molecule has 4 atom stereocenters. The molecule has 0 fully saturated rings. The number of carbonyl (C=O) groups is 7. The molecule has 0 saturated carbocycles. The third kappa shape index (κ3) is 13.3. The summed E-state index contributed by atoms with van der Waals surface area (Å²) in [5, 5.41) is 33.1.